The molecule has 0 aliphatic heterocycles. The number of nitrogens with two attached hydrogens (primary N) is 1. The van der Waals surface area contributed by atoms with Crippen molar-refractivity contribution in [2.75, 3.05) is 6.54 Å². The molecule has 0 spiro atoms. The normalized spacial score (nSPS) is 16.6. The number of benzene rings is 1. The van der Waals surface area contributed by atoms with Crippen LogP contribution in [0.1, 0.15) is 30.9 Å². The van der Waals surface area contributed by atoms with Crippen molar-refractivity contribution >= 4 is 10.9 Å². The summed E-state index contributed by atoms with van der Waals surface area (Å²) in [7, 11) is 0. The van der Waals surface area contributed by atoms with Crippen LogP contribution in [-0.4, -0.2) is 11.1 Å². The van der Waals surface area contributed by atoms with Crippen molar-refractivity contribution in [1.82, 2.24) is 4.57 Å². The van der Waals surface area contributed by atoms with Crippen molar-refractivity contribution in [2.45, 2.75) is 31.7 Å². The van der Waals surface area contributed by atoms with Gasteiger partial charge in [-0.25, -0.2) is 0 Å². The van der Waals surface area contributed by atoms with Gasteiger partial charge in [0.1, 0.15) is 0 Å². The second kappa shape index (κ2) is 3.95. The van der Waals surface area contributed by atoms with Crippen LogP contribution in [-0.2, 0) is 6.42 Å². The molecule has 84 valence electrons. The fourth-order valence-electron chi connectivity index (χ4n) is 2.50. The second-order valence-corrected chi connectivity index (χ2v) is 4.74. The van der Waals surface area contributed by atoms with Crippen LogP contribution in [0.15, 0.2) is 30.5 Å². The molecule has 1 fully saturated rings. The maximum Gasteiger partial charge on any atom is 0.0485 e. The van der Waals surface area contributed by atoms with Crippen LogP contribution in [0.2, 0.25) is 0 Å². The lowest BCUT2D eigenvalue weighted by Gasteiger charge is -2.28. The van der Waals surface area contributed by atoms with Gasteiger partial charge in [-0.15, -0.1) is 0 Å². The number of rotatable bonds is 3. The molecule has 2 aromatic rings. The Morgan fingerprint density at radius 3 is 2.81 bits per heavy atom. The predicted molar refractivity (Wildman–Crippen MR) is 67.6 cm³/mol. The minimum absolute atomic E-state index is 0.732. The lowest BCUT2D eigenvalue weighted by Crippen LogP contribution is -2.15. The molecule has 1 aliphatic rings. The van der Waals surface area contributed by atoms with Crippen LogP contribution in [0.5, 0.6) is 0 Å². The summed E-state index contributed by atoms with van der Waals surface area (Å²) in [6, 6.07) is 9.68. The topological polar surface area (TPSA) is 30.9 Å². The molecule has 0 bridgehead atoms. The molecule has 0 radical (unpaired) electrons. The highest BCUT2D eigenvalue weighted by Crippen LogP contribution is 2.34. The SMILES string of the molecule is NCCc1ccc2ccn(C3CCC3)c2c1. The minimum Gasteiger partial charge on any atom is -0.344 e. The Bertz CT molecular complexity index is 494. The predicted octanol–water partition coefficient (Wildman–Crippen LogP) is 2.87. The van der Waals surface area contributed by atoms with E-state index in [4.69, 9.17) is 5.73 Å². The molecule has 2 heteroatoms. The van der Waals surface area contributed by atoms with E-state index < -0.39 is 0 Å². The third-order valence-electron chi connectivity index (χ3n) is 3.69. The van der Waals surface area contributed by atoms with E-state index >= 15 is 0 Å². The first-order valence-corrected chi connectivity index (χ1v) is 6.18. The molecule has 1 aromatic heterocycles. The number of hydrogen-bond donors (Lipinski definition) is 1. The van der Waals surface area contributed by atoms with E-state index in [1.54, 1.807) is 0 Å². The smallest absolute Gasteiger partial charge is 0.0485 e. The van der Waals surface area contributed by atoms with Crippen molar-refractivity contribution in [3.05, 3.63) is 36.0 Å². The third-order valence-corrected chi connectivity index (χ3v) is 3.69. The van der Waals surface area contributed by atoms with Gasteiger partial charge in [0.25, 0.3) is 0 Å². The fraction of sp³-hybridized carbons (Fsp3) is 0.429. The third kappa shape index (κ3) is 1.54. The van der Waals surface area contributed by atoms with Crippen molar-refractivity contribution in [3.8, 4) is 0 Å². The molecule has 0 unspecified atom stereocenters. The van der Waals surface area contributed by atoms with Gasteiger partial charge in [0, 0.05) is 17.8 Å². The van der Waals surface area contributed by atoms with Crippen LogP contribution in [0.4, 0.5) is 0 Å². The maximum absolute atomic E-state index is 5.61. The van der Waals surface area contributed by atoms with Gasteiger partial charge in [0.05, 0.1) is 0 Å². The zero-order valence-electron chi connectivity index (χ0n) is 9.52. The first-order chi connectivity index (χ1) is 7.88. The summed E-state index contributed by atoms with van der Waals surface area (Å²) in [4.78, 5) is 0. The lowest BCUT2D eigenvalue weighted by atomic mass is 9.93. The van der Waals surface area contributed by atoms with Gasteiger partial charge in [-0.05, 0) is 55.3 Å². The van der Waals surface area contributed by atoms with E-state index in [0.717, 1.165) is 19.0 Å². The van der Waals surface area contributed by atoms with Crippen LogP contribution >= 0.6 is 0 Å². The zero-order chi connectivity index (χ0) is 11.0. The number of nitrogens with zero attached hydrogens (tertiary/aromatic N) is 1. The van der Waals surface area contributed by atoms with Gasteiger partial charge in [-0.3, -0.25) is 0 Å². The van der Waals surface area contributed by atoms with Gasteiger partial charge in [-0.1, -0.05) is 12.1 Å². The first kappa shape index (κ1) is 9.91. The Morgan fingerprint density at radius 1 is 1.25 bits per heavy atom. The highest BCUT2D eigenvalue weighted by atomic mass is 15.0. The van der Waals surface area contributed by atoms with Gasteiger partial charge >= 0.3 is 0 Å². The van der Waals surface area contributed by atoms with Crippen LogP contribution in [0, 0.1) is 0 Å². The molecule has 0 amide bonds. The molecule has 1 heterocycles. The van der Waals surface area contributed by atoms with Crippen LogP contribution in [0.25, 0.3) is 10.9 Å². The molecule has 1 aromatic carbocycles. The van der Waals surface area contributed by atoms with E-state index in [9.17, 15) is 0 Å². The van der Waals surface area contributed by atoms with Crippen LogP contribution < -0.4 is 5.73 Å². The summed E-state index contributed by atoms with van der Waals surface area (Å²) in [5, 5.41) is 1.35. The molecule has 1 saturated carbocycles. The molecule has 0 atom stereocenters. The van der Waals surface area contributed by atoms with E-state index in [1.165, 1.54) is 35.7 Å². The average molecular weight is 214 g/mol. The second-order valence-electron chi connectivity index (χ2n) is 4.74. The van der Waals surface area contributed by atoms with Crippen molar-refractivity contribution in [2.24, 2.45) is 5.73 Å². The quantitative estimate of drug-likeness (QED) is 0.836. The number of fused-ring (bicyclic) bond motifs is 1. The van der Waals surface area contributed by atoms with Gasteiger partial charge in [-0.2, -0.15) is 0 Å². The van der Waals surface area contributed by atoms with Gasteiger partial charge in [0.15, 0.2) is 0 Å². The minimum atomic E-state index is 0.732. The Hall–Kier alpha value is -1.28. The molecular weight excluding hydrogens is 196 g/mol. The first-order valence-electron chi connectivity index (χ1n) is 6.18. The van der Waals surface area contributed by atoms with E-state index in [1.807, 2.05) is 0 Å². The average Bonchev–Trinajstić information content (AvgIpc) is 2.60. The Labute approximate surface area is 96.1 Å². The summed E-state index contributed by atoms with van der Waals surface area (Å²) in [6.07, 6.45) is 7.27. The summed E-state index contributed by atoms with van der Waals surface area (Å²) >= 11 is 0. The highest BCUT2D eigenvalue weighted by Gasteiger charge is 2.20. The Balaban J connectivity index is 2.04. The van der Waals surface area contributed by atoms with Crippen LogP contribution in [0.3, 0.4) is 0 Å². The molecular formula is C14H18N2. The fourth-order valence-corrected chi connectivity index (χ4v) is 2.50. The van der Waals surface area contributed by atoms with Gasteiger partial charge < -0.3 is 10.3 Å². The molecule has 16 heavy (non-hydrogen) atoms. The number of hydrogen-bond acceptors (Lipinski definition) is 1. The zero-order valence-corrected chi connectivity index (χ0v) is 9.52. The summed E-state index contributed by atoms with van der Waals surface area (Å²) in [5.41, 5.74) is 8.35. The van der Waals surface area contributed by atoms with E-state index in [2.05, 4.69) is 35.0 Å². The molecule has 3 rings (SSSR count). The summed E-state index contributed by atoms with van der Waals surface area (Å²) < 4.78 is 2.44. The largest absolute Gasteiger partial charge is 0.344 e. The standard InChI is InChI=1S/C14H18N2/c15-8-6-11-4-5-12-7-9-16(14(12)10-11)13-2-1-3-13/h4-5,7,9-10,13H,1-3,6,8,15H2. The lowest BCUT2D eigenvalue weighted by molar-refractivity contribution is 0.321. The van der Waals surface area contributed by atoms with Gasteiger partial charge in [0.2, 0.25) is 0 Å². The number of aromatic nitrogens is 1. The summed E-state index contributed by atoms with van der Waals surface area (Å²) in [5.74, 6) is 0. The monoisotopic (exact) mass is 214 g/mol. The summed E-state index contributed by atoms with van der Waals surface area (Å²) in [6.45, 7) is 0.732. The molecule has 0 saturated heterocycles. The van der Waals surface area contributed by atoms with Crippen molar-refractivity contribution < 1.29 is 0 Å². The highest BCUT2D eigenvalue weighted by molar-refractivity contribution is 5.81. The Kier molecular flexibility index (Phi) is 2.44. The van der Waals surface area contributed by atoms with E-state index in [0.29, 0.717) is 0 Å². The molecule has 2 N–H and O–H groups in total. The molecule has 1 aliphatic carbocycles. The van der Waals surface area contributed by atoms with E-state index in [-0.39, 0.29) is 0 Å². The Morgan fingerprint density at radius 2 is 2.12 bits per heavy atom. The van der Waals surface area contributed by atoms with Crippen molar-refractivity contribution in [3.63, 3.8) is 0 Å². The molecule has 2 nitrogen and oxygen atoms in total. The maximum atomic E-state index is 5.61. The van der Waals surface area contributed by atoms with Crippen molar-refractivity contribution in [1.29, 1.82) is 0 Å².